The molecular weight excluding hydrogens is 262 g/mol. The van der Waals surface area contributed by atoms with Crippen LogP contribution in [-0.2, 0) is 0 Å². The highest BCUT2D eigenvalue weighted by molar-refractivity contribution is 5.47. The Kier molecular flexibility index (Phi) is 5.92. The Bertz CT molecular complexity index is 423. The van der Waals surface area contributed by atoms with Gasteiger partial charge in [0.25, 0.3) is 0 Å². The lowest BCUT2D eigenvalue weighted by Crippen LogP contribution is -2.33. The monoisotopic (exact) mass is 291 g/mol. The van der Waals surface area contributed by atoms with Crippen LogP contribution >= 0.6 is 0 Å². The lowest BCUT2D eigenvalue weighted by molar-refractivity contribution is 0.274. The molecule has 0 heterocycles. The van der Waals surface area contributed by atoms with Crippen molar-refractivity contribution in [1.82, 2.24) is 5.32 Å². The summed E-state index contributed by atoms with van der Waals surface area (Å²) < 4.78 is 11.2. The summed E-state index contributed by atoms with van der Waals surface area (Å²) in [6, 6.07) is 6.65. The van der Waals surface area contributed by atoms with Gasteiger partial charge in [0, 0.05) is 11.6 Å². The van der Waals surface area contributed by atoms with Crippen LogP contribution < -0.4 is 14.8 Å². The summed E-state index contributed by atoms with van der Waals surface area (Å²) >= 11 is 0. The molecule has 1 aliphatic carbocycles. The third-order valence-corrected chi connectivity index (χ3v) is 4.53. The maximum Gasteiger partial charge on any atom is 0.126 e. The van der Waals surface area contributed by atoms with Crippen LogP contribution in [0.1, 0.15) is 51.0 Å². The molecule has 2 unspecified atom stereocenters. The van der Waals surface area contributed by atoms with Gasteiger partial charge >= 0.3 is 0 Å². The highest BCUT2D eigenvalue weighted by Crippen LogP contribution is 2.45. The Morgan fingerprint density at radius 1 is 1.10 bits per heavy atom. The molecule has 2 rings (SSSR count). The van der Waals surface area contributed by atoms with Crippen LogP contribution in [0, 0.1) is 5.92 Å². The molecule has 0 radical (unpaired) electrons. The van der Waals surface area contributed by atoms with E-state index in [0.29, 0.717) is 17.9 Å². The average molecular weight is 291 g/mol. The molecule has 2 atom stereocenters. The largest absolute Gasteiger partial charge is 0.496 e. The molecule has 3 heteroatoms. The van der Waals surface area contributed by atoms with E-state index in [2.05, 4.69) is 31.3 Å². The second-order valence-electron chi connectivity index (χ2n) is 6.29. The van der Waals surface area contributed by atoms with Gasteiger partial charge in [-0.2, -0.15) is 0 Å². The van der Waals surface area contributed by atoms with Crippen molar-refractivity contribution in [1.29, 1.82) is 0 Å². The molecule has 1 aliphatic rings. The van der Waals surface area contributed by atoms with Crippen LogP contribution in [0.3, 0.4) is 0 Å². The van der Waals surface area contributed by atoms with Crippen molar-refractivity contribution in [2.45, 2.75) is 51.5 Å². The maximum atomic E-state index is 5.61. The molecule has 0 bridgehead atoms. The molecule has 1 aromatic rings. The fourth-order valence-corrected chi connectivity index (χ4v) is 3.46. The lowest BCUT2D eigenvalue weighted by atomic mass is 9.74. The van der Waals surface area contributed by atoms with E-state index in [1.165, 1.54) is 31.2 Å². The predicted octanol–water partition coefficient (Wildman–Crippen LogP) is 3.98. The molecule has 0 aliphatic heterocycles. The van der Waals surface area contributed by atoms with Gasteiger partial charge in [0.05, 0.1) is 14.2 Å². The summed E-state index contributed by atoms with van der Waals surface area (Å²) in [6.07, 6.45) is 5.13. The van der Waals surface area contributed by atoms with Crippen LogP contribution in [0.2, 0.25) is 0 Å². The molecule has 3 nitrogen and oxygen atoms in total. The number of ether oxygens (including phenoxy) is 2. The first-order valence-corrected chi connectivity index (χ1v) is 8.11. The van der Waals surface area contributed by atoms with Crippen molar-refractivity contribution in [3.8, 4) is 11.5 Å². The van der Waals surface area contributed by atoms with Gasteiger partial charge in [0.15, 0.2) is 0 Å². The molecule has 1 fully saturated rings. The van der Waals surface area contributed by atoms with E-state index < -0.39 is 0 Å². The van der Waals surface area contributed by atoms with Gasteiger partial charge in [-0.3, -0.25) is 0 Å². The Labute approximate surface area is 129 Å². The van der Waals surface area contributed by atoms with E-state index in [0.717, 1.165) is 18.0 Å². The number of nitrogens with one attached hydrogen (secondary N) is 1. The van der Waals surface area contributed by atoms with Crippen molar-refractivity contribution in [3.63, 3.8) is 0 Å². The minimum Gasteiger partial charge on any atom is -0.496 e. The highest BCUT2D eigenvalue weighted by Gasteiger charge is 2.30. The summed E-state index contributed by atoms with van der Waals surface area (Å²) in [7, 11) is 3.50. The second-order valence-corrected chi connectivity index (χ2v) is 6.29. The van der Waals surface area contributed by atoms with Crippen molar-refractivity contribution >= 4 is 0 Å². The summed E-state index contributed by atoms with van der Waals surface area (Å²) in [5, 5.41) is 3.61. The zero-order chi connectivity index (χ0) is 15.2. The maximum absolute atomic E-state index is 5.61. The van der Waals surface area contributed by atoms with Gasteiger partial charge in [-0.1, -0.05) is 32.8 Å². The van der Waals surface area contributed by atoms with Crippen LogP contribution in [0.25, 0.3) is 0 Å². The summed E-state index contributed by atoms with van der Waals surface area (Å²) in [5.41, 5.74) is 1.26. The number of hydrogen-bond donors (Lipinski definition) is 1. The van der Waals surface area contributed by atoms with Gasteiger partial charge in [-0.05, 0) is 43.4 Å². The SMILES string of the molecule is COc1cccc(OC)c1C1CCCCC1CNC(C)C. The van der Waals surface area contributed by atoms with Gasteiger partial charge in [0.1, 0.15) is 11.5 Å². The number of hydrogen-bond acceptors (Lipinski definition) is 3. The molecule has 21 heavy (non-hydrogen) atoms. The van der Waals surface area contributed by atoms with Crippen LogP contribution in [-0.4, -0.2) is 26.8 Å². The van der Waals surface area contributed by atoms with Gasteiger partial charge in [-0.15, -0.1) is 0 Å². The first-order chi connectivity index (χ1) is 10.2. The average Bonchev–Trinajstić information content (AvgIpc) is 2.52. The standard InChI is InChI=1S/C18H29NO2/c1-13(2)19-12-14-8-5-6-9-15(14)18-16(20-3)10-7-11-17(18)21-4/h7,10-11,13-15,19H,5-6,8-9,12H2,1-4H3. The highest BCUT2D eigenvalue weighted by atomic mass is 16.5. The summed E-state index contributed by atoms with van der Waals surface area (Å²) in [4.78, 5) is 0. The Morgan fingerprint density at radius 3 is 2.29 bits per heavy atom. The molecule has 1 aromatic carbocycles. The van der Waals surface area contributed by atoms with E-state index in [-0.39, 0.29) is 0 Å². The van der Waals surface area contributed by atoms with Crippen molar-refractivity contribution < 1.29 is 9.47 Å². The molecular formula is C18H29NO2. The minimum atomic E-state index is 0.524. The molecule has 0 saturated heterocycles. The Balaban J connectivity index is 2.28. The van der Waals surface area contributed by atoms with Crippen LogP contribution in [0.4, 0.5) is 0 Å². The van der Waals surface area contributed by atoms with Gasteiger partial charge in [0.2, 0.25) is 0 Å². The van der Waals surface area contributed by atoms with Crippen LogP contribution in [0.5, 0.6) is 11.5 Å². The van der Waals surface area contributed by atoms with Crippen LogP contribution in [0.15, 0.2) is 18.2 Å². The zero-order valence-electron chi connectivity index (χ0n) is 13.8. The fourth-order valence-electron chi connectivity index (χ4n) is 3.46. The molecule has 0 amide bonds. The van der Waals surface area contributed by atoms with Crippen molar-refractivity contribution in [2.24, 2.45) is 5.92 Å². The normalized spacial score (nSPS) is 22.3. The number of benzene rings is 1. The molecule has 0 aromatic heterocycles. The quantitative estimate of drug-likeness (QED) is 0.860. The van der Waals surface area contributed by atoms with E-state index in [1.807, 2.05) is 6.07 Å². The Hall–Kier alpha value is -1.22. The smallest absolute Gasteiger partial charge is 0.126 e. The minimum absolute atomic E-state index is 0.524. The molecule has 0 spiro atoms. The van der Waals surface area contributed by atoms with Crippen molar-refractivity contribution in [3.05, 3.63) is 23.8 Å². The zero-order valence-corrected chi connectivity index (χ0v) is 13.8. The predicted molar refractivity (Wildman–Crippen MR) is 87.4 cm³/mol. The van der Waals surface area contributed by atoms with E-state index in [9.17, 15) is 0 Å². The molecule has 1 saturated carbocycles. The lowest BCUT2D eigenvalue weighted by Gasteiger charge is -2.34. The summed E-state index contributed by atoms with van der Waals surface area (Å²) in [5.74, 6) is 3.12. The summed E-state index contributed by atoms with van der Waals surface area (Å²) in [6.45, 7) is 5.49. The molecule has 118 valence electrons. The number of rotatable bonds is 6. The Morgan fingerprint density at radius 2 is 1.71 bits per heavy atom. The first kappa shape index (κ1) is 16.2. The number of methoxy groups -OCH3 is 2. The molecule has 1 N–H and O–H groups in total. The topological polar surface area (TPSA) is 30.5 Å². The van der Waals surface area contributed by atoms with E-state index in [4.69, 9.17) is 9.47 Å². The van der Waals surface area contributed by atoms with Crippen molar-refractivity contribution in [2.75, 3.05) is 20.8 Å². The second kappa shape index (κ2) is 7.69. The van der Waals surface area contributed by atoms with E-state index >= 15 is 0 Å². The first-order valence-electron chi connectivity index (χ1n) is 8.11. The fraction of sp³-hybridized carbons (Fsp3) is 0.667. The van der Waals surface area contributed by atoms with E-state index in [1.54, 1.807) is 14.2 Å². The third kappa shape index (κ3) is 3.91. The van der Waals surface area contributed by atoms with Gasteiger partial charge < -0.3 is 14.8 Å². The third-order valence-electron chi connectivity index (χ3n) is 4.53. The van der Waals surface area contributed by atoms with Gasteiger partial charge in [-0.25, -0.2) is 0 Å².